The molecular weight excluding hydrogens is 963 g/mol. The minimum absolute atomic E-state index is 0. The first kappa shape index (κ1) is 64.0. The molecular formula is C35H54N10O13S2Zn2. The normalized spacial score (nSPS) is 9.76. The fourth-order valence-corrected chi connectivity index (χ4v) is 6.22. The number of carboxylic acid groups (broad SMARTS) is 5. The Labute approximate surface area is 391 Å². The van der Waals surface area contributed by atoms with Crippen LogP contribution in [-0.2, 0) is 88.9 Å². The van der Waals surface area contributed by atoms with Crippen molar-refractivity contribution in [2.75, 3.05) is 37.8 Å². The fourth-order valence-electron chi connectivity index (χ4n) is 4.25. The van der Waals surface area contributed by atoms with Gasteiger partial charge in [0, 0.05) is 91.3 Å². The Morgan fingerprint density at radius 2 is 0.968 bits per heavy atom. The zero-order valence-electron chi connectivity index (χ0n) is 34.1. The van der Waals surface area contributed by atoms with E-state index in [0.717, 1.165) is 22.5 Å². The Balaban J connectivity index is -0.000000362. The molecule has 4 aromatic rings. The van der Waals surface area contributed by atoms with Crippen molar-refractivity contribution in [1.29, 1.82) is 0 Å². The molecule has 14 N–H and O–H groups in total. The third-order valence-electron chi connectivity index (χ3n) is 7.30. The Morgan fingerprint density at radius 1 is 0.661 bits per heavy atom. The SMILES string of the molecule is C.Cc1ncc(C[n+]2csc(CCO)c2C)c(N)n1.Cc1ncc(C[n+]2csc(CCO)c2C)c(N)n1.O=C(O)CC(O)(CC(=O)O)C(=O)O.[NH-]CC(=O)O.[NH-]CC(=O)O.[Zn].[Zn]. The monoisotopic (exact) mass is 1010 g/mol. The van der Waals surface area contributed by atoms with Gasteiger partial charge in [0.2, 0.25) is 11.0 Å². The van der Waals surface area contributed by atoms with Gasteiger partial charge in [0.05, 0.1) is 33.7 Å². The minimum atomic E-state index is -2.74. The van der Waals surface area contributed by atoms with E-state index in [4.69, 9.17) is 63.8 Å². The molecule has 4 aromatic heterocycles. The van der Waals surface area contributed by atoms with Gasteiger partial charge in [0.25, 0.3) is 11.9 Å². The van der Waals surface area contributed by atoms with Gasteiger partial charge >= 0.3 is 17.9 Å². The van der Waals surface area contributed by atoms with Crippen LogP contribution in [0.2, 0.25) is 0 Å². The van der Waals surface area contributed by atoms with Crippen molar-refractivity contribution in [3.8, 4) is 0 Å². The van der Waals surface area contributed by atoms with E-state index >= 15 is 0 Å². The molecule has 62 heavy (non-hydrogen) atoms. The molecule has 0 bridgehead atoms. The van der Waals surface area contributed by atoms with Crippen LogP contribution in [0.5, 0.6) is 0 Å². The van der Waals surface area contributed by atoms with Crippen molar-refractivity contribution in [2.45, 2.75) is 79.5 Å². The number of carboxylic acids is 5. The first-order valence-corrected chi connectivity index (χ1v) is 18.7. The summed E-state index contributed by atoms with van der Waals surface area (Å²) in [6.07, 6.45) is 2.65. The molecule has 27 heteroatoms. The number of nitrogens with one attached hydrogen (secondary N) is 2. The minimum Gasteiger partial charge on any atom is -0.668 e. The fraction of sp³-hybridized carbons (Fsp3) is 0.457. The Kier molecular flexibility index (Phi) is 34.1. The number of hydrogen-bond acceptors (Lipinski definition) is 16. The molecule has 4 heterocycles. The second-order valence-electron chi connectivity index (χ2n) is 11.9. The van der Waals surface area contributed by atoms with E-state index in [9.17, 15) is 24.0 Å². The van der Waals surface area contributed by atoms with E-state index in [0.29, 0.717) is 49.2 Å². The third-order valence-corrected chi connectivity index (χ3v) is 9.58. The topological polar surface area (TPSA) is 406 Å². The summed E-state index contributed by atoms with van der Waals surface area (Å²) >= 11 is 3.30. The van der Waals surface area contributed by atoms with Crippen LogP contribution >= 0.6 is 22.7 Å². The summed E-state index contributed by atoms with van der Waals surface area (Å²) in [6.45, 7) is 8.37. The van der Waals surface area contributed by atoms with Gasteiger partial charge in [-0.25, -0.2) is 24.7 Å². The zero-order chi connectivity index (χ0) is 45.5. The number of carbonyl (C=O) groups is 5. The number of rotatable bonds is 15. The molecule has 0 unspecified atom stereocenters. The molecule has 0 aromatic carbocycles. The molecule has 0 aliphatic carbocycles. The maximum atomic E-state index is 10.3. The van der Waals surface area contributed by atoms with Gasteiger partial charge in [-0.15, -0.1) is 0 Å². The maximum absolute atomic E-state index is 10.3. The van der Waals surface area contributed by atoms with Gasteiger partial charge in [0.1, 0.15) is 23.3 Å². The van der Waals surface area contributed by atoms with E-state index in [1.165, 1.54) is 9.75 Å². The van der Waals surface area contributed by atoms with Gasteiger partial charge in [-0.3, -0.25) is 19.2 Å². The first-order valence-electron chi connectivity index (χ1n) is 17.0. The molecule has 0 spiro atoms. The zero-order valence-corrected chi connectivity index (χ0v) is 41.6. The van der Waals surface area contributed by atoms with Crippen molar-refractivity contribution in [3.63, 3.8) is 0 Å². The van der Waals surface area contributed by atoms with Gasteiger partial charge in [-0.05, 0) is 13.8 Å². The van der Waals surface area contributed by atoms with Crippen LogP contribution in [0.3, 0.4) is 0 Å². The van der Waals surface area contributed by atoms with Crippen molar-refractivity contribution in [2.24, 2.45) is 0 Å². The van der Waals surface area contributed by atoms with Crippen LogP contribution in [0, 0.1) is 27.7 Å². The number of aromatic nitrogens is 6. The summed E-state index contributed by atoms with van der Waals surface area (Å²) < 4.78 is 4.22. The average molecular weight is 1020 g/mol. The quantitative estimate of drug-likeness (QED) is 0.0583. The van der Waals surface area contributed by atoms with Crippen molar-refractivity contribution >= 4 is 64.2 Å². The van der Waals surface area contributed by atoms with Crippen molar-refractivity contribution in [1.82, 2.24) is 19.9 Å². The maximum Gasteiger partial charge on any atom is 0.336 e. The number of thiazole rings is 2. The largest absolute Gasteiger partial charge is 0.668 e. The number of aliphatic carboxylic acids is 5. The number of aryl methyl sites for hydroxylation is 2. The predicted molar refractivity (Wildman–Crippen MR) is 218 cm³/mol. The van der Waals surface area contributed by atoms with Gasteiger partial charge in [-0.1, -0.05) is 43.2 Å². The first-order chi connectivity index (χ1) is 27.5. The molecule has 0 atom stereocenters. The predicted octanol–water partition coefficient (Wildman–Crippen LogP) is 0.844. The van der Waals surface area contributed by atoms with Crippen molar-refractivity contribution < 1.29 is 113 Å². The summed E-state index contributed by atoms with van der Waals surface area (Å²) in [7, 11) is 0. The molecule has 0 fully saturated rings. The molecule has 0 aliphatic heterocycles. The average Bonchev–Trinajstić information content (AvgIpc) is 3.67. The summed E-state index contributed by atoms with van der Waals surface area (Å²) in [4.78, 5) is 67.9. The van der Waals surface area contributed by atoms with E-state index in [1.807, 2.05) is 38.7 Å². The second kappa shape index (κ2) is 33.0. The van der Waals surface area contributed by atoms with Crippen LogP contribution in [-0.4, -0.2) is 123 Å². The summed E-state index contributed by atoms with van der Waals surface area (Å²) in [5.41, 5.74) is 29.4. The number of anilines is 2. The van der Waals surface area contributed by atoms with Crippen LogP contribution in [0.15, 0.2) is 23.4 Å². The molecule has 0 amide bonds. The van der Waals surface area contributed by atoms with E-state index < -0.39 is 61.4 Å². The standard InChI is InChI=1S/2C12H17N4OS.C6H8O7.2C2H4NO2.CH4.2Zn/c2*1-8-11(3-4-17)18-7-16(8)6-10-5-14-9(2)15-12(10)13;7-3(8)1-6(13,5(11)12)2-4(9)10;2*3-1-2(4)5;;;/h2*5,7,17H,3-4,6H2,1-2H3,(H2,13,14,15);13H,1-2H2,(H,7,8)(H,9,10)(H,11,12);2*3H,1H2,(H,4,5);1H4;;/q2*+1;;2*-1;;;. The number of aliphatic hydroxyl groups is 3. The van der Waals surface area contributed by atoms with Crippen LogP contribution in [0.1, 0.15) is 64.2 Å². The molecule has 23 nitrogen and oxygen atoms in total. The van der Waals surface area contributed by atoms with Crippen LogP contribution < -0.4 is 20.6 Å². The van der Waals surface area contributed by atoms with E-state index in [1.54, 1.807) is 35.1 Å². The molecule has 4 rings (SSSR count). The van der Waals surface area contributed by atoms with E-state index in [2.05, 4.69) is 29.1 Å². The summed E-state index contributed by atoms with van der Waals surface area (Å²) in [5, 5.41) is 66.8. The van der Waals surface area contributed by atoms with Gasteiger partial charge in [0.15, 0.2) is 30.1 Å². The van der Waals surface area contributed by atoms with Gasteiger partial charge in [-0.2, -0.15) is 9.13 Å². The number of hydrogen-bond donors (Lipinski definition) is 10. The van der Waals surface area contributed by atoms with Gasteiger partial charge < -0.3 is 63.8 Å². The summed E-state index contributed by atoms with van der Waals surface area (Å²) in [6, 6.07) is 0. The Bertz CT molecular complexity index is 1880. The molecule has 0 radical (unpaired) electrons. The second-order valence-corrected chi connectivity index (χ2v) is 13.8. The Hall–Kier alpha value is -4.58. The molecule has 0 aliphatic rings. The van der Waals surface area contributed by atoms with Crippen LogP contribution in [0.25, 0.3) is 11.5 Å². The number of nitrogens with two attached hydrogens (primary N) is 2. The van der Waals surface area contributed by atoms with E-state index in [-0.39, 0.29) is 59.6 Å². The Morgan fingerprint density at radius 3 is 1.19 bits per heavy atom. The third kappa shape index (κ3) is 24.8. The molecule has 0 saturated carbocycles. The summed E-state index contributed by atoms with van der Waals surface area (Å²) in [5.74, 6) is -4.74. The smallest absolute Gasteiger partial charge is 0.336 e. The number of nitrogens with zero attached hydrogens (tertiary/aromatic N) is 6. The molecule has 338 valence electrons. The van der Waals surface area contributed by atoms with Crippen LogP contribution in [0.4, 0.5) is 11.6 Å². The number of aliphatic hydroxyl groups excluding tert-OH is 2. The van der Waals surface area contributed by atoms with Crippen molar-refractivity contribution in [3.05, 3.63) is 78.8 Å². The molecule has 0 saturated heterocycles. The number of nitrogen functional groups attached to an aromatic ring is 2.